The van der Waals surface area contributed by atoms with Crippen molar-refractivity contribution in [2.75, 3.05) is 4.90 Å². The lowest BCUT2D eigenvalue weighted by Gasteiger charge is -2.28. The fourth-order valence-electron chi connectivity index (χ4n) is 9.53. The predicted octanol–water partition coefficient (Wildman–Crippen LogP) is 17.3. The Morgan fingerprint density at radius 3 is 1.54 bits per heavy atom. The number of fused-ring (bicyclic) bond motifs is 6. The van der Waals surface area contributed by atoms with Crippen LogP contribution >= 0.6 is 11.3 Å². The SMILES string of the molecule is c1ccc(-c2ccc(N(c3ccc(-c4ccccc4-c4ccccc4)c(-c4ccccc4)c3)c3cccc4sc5cc(-n6c7ccccc7c7ccccc76)ccc5c34)cc2)cc1. The van der Waals surface area contributed by atoms with Crippen molar-refractivity contribution in [1.82, 2.24) is 4.57 Å². The molecule has 0 saturated heterocycles. The highest BCUT2D eigenvalue weighted by atomic mass is 32.1. The number of aromatic nitrogens is 1. The van der Waals surface area contributed by atoms with Gasteiger partial charge in [-0.1, -0.05) is 182 Å². The second kappa shape index (κ2) is 15.5. The monoisotopic (exact) mass is 820 g/mol. The van der Waals surface area contributed by atoms with Gasteiger partial charge in [0.05, 0.1) is 16.7 Å². The van der Waals surface area contributed by atoms with Crippen LogP contribution in [0.4, 0.5) is 17.1 Å². The summed E-state index contributed by atoms with van der Waals surface area (Å²) in [6, 6.07) is 88.4. The Morgan fingerprint density at radius 2 is 0.857 bits per heavy atom. The Morgan fingerprint density at radius 1 is 0.317 bits per heavy atom. The molecule has 0 atom stereocenters. The maximum absolute atomic E-state index is 2.46. The topological polar surface area (TPSA) is 8.17 Å². The van der Waals surface area contributed by atoms with Crippen molar-refractivity contribution in [3.63, 3.8) is 0 Å². The number of hydrogen-bond donors (Lipinski definition) is 0. The average Bonchev–Trinajstić information content (AvgIpc) is 3.91. The zero-order valence-corrected chi connectivity index (χ0v) is 35.2. The van der Waals surface area contributed by atoms with Crippen molar-refractivity contribution >= 4 is 70.4 Å². The quantitative estimate of drug-likeness (QED) is 0.148. The molecular weight excluding hydrogens is 781 g/mol. The molecule has 0 N–H and O–H groups in total. The van der Waals surface area contributed by atoms with Crippen molar-refractivity contribution in [2.45, 2.75) is 0 Å². The Bertz CT molecular complexity index is 3550. The number of anilines is 3. The van der Waals surface area contributed by atoms with Gasteiger partial charge in [-0.15, -0.1) is 11.3 Å². The predicted molar refractivity (Wildman–Crippen MR) is 270 cm³/mol. The van der Waals surface area contributed by atoms with Crippen LogP contribution in [0.3, 0.4) is 0 Å². The van der Waals surface area contributed by atoms with E-state index < -0.39 is 0 Å². The lowest BCUT2D eigenvalue weighted by molar-refractivity contribution is 1.19. The zero-order chi connectivity index (χ0) is 41.7. The van der Waals surface area contributed by atoms with E-state index in [0.29, 0.717) is 0 Å². The molecule has 2 nitrogen and oxygen atoms in total. The van der Waals surface area contributed by atoms with Gasteiger partial charge >= 0.3 is 0 Å². The molecule has 63 heavy (non-hydrogen) atoms. The van der Waals surface area contributed by atoms with Crippen LogP contribution in [-0.2, 0) is 0 Å². The maximum Gasteiger partial charge on any atom is 0.0554 e. The van der Waals surface area contributed by atoms with Gasteiger partial charge in [0.25, 0.3) is 0 Å². The van der Waals surface area contributed by atoms with Crippen molar-refractivity contribution in [3.8, 4) is 50.2 Å². The third-order valence-corrected chi connectivity index (χ3v) is 13.5. The summed E-state index contributed by atoms with van der Waals surface area (Å²) in [4.78, 5) is 2.46. The highest BCUT2D eigenvalue weighted by molar-refractivity contribution is 7.26. The summed E-state index contributed by atoms with van der Waals surface area (Å²) < 4.78 is 4.93. The number of rotatable bonds is 8. The Labute approximate surface area is 370 Å². The van der Waals surface area contributed by atoms with E-state index in [0.717, 1.165) is 17.1 Å². The van der Waals surface area contributed by atoms with Crippen LogP contribution in [0.1, 0.15) is 0 Å². The standard InChI is InChI=1S/C60H40N2S/c1-4-17-41(18-5-1)42-31-33-45(34-32-42)61(46-35-37-50(54(39-46)44-21-8-3-9-22-44)49-24-11-10-23-48(49)43-19-6-2-7-20-43)57-29-16-30-58-60(57)53-38-36-47(40-59(53)63-58)62-55-27-14-12-25-51(55)52-26-13-15-28-56(52)62/h1-40H. The van der Waals surface area contributed by atoms with E-state index in [1.165, 1.54) is 92.2 Å². The van der Waals surface area contributed by atoms with Crippen LogP contribution in [0.2, 0.25) is 0 Å². The lowest BCUT2D eigenvalue weighted by atomic mass is 9.89. The molecule has 2 aromatic heterocycles. The summed E-state index contributed by atoms with van der Waals surface area (Å²) in [5.74, 6) is 0. The first-order valence-electron chi connectivity index (χ1n) is 21.5. The Hall–Kier alpha value is -7.98. The molecule has 0 spiro atoms. The highest BCUT2D eigenvalue weighted by Crippen LogP contribution is 2.48. The molecule has 0 bridgehead atoms. The molecule has 12 aromatic rings. The minimum absolute atomic E-state index is 1.09. The number of hydrogen-bond acceptors (Lipinski definition) is 2. The van der Waals surface area contributed by atoms with Crippen LogP contribution in [0.25, 0.3) is 92.2 Å². The smallest absolute Gasteiger partial charge is 0.0554 e. The van der Waals surface area contributed by atoms with Gasteiger partial charge in [-0.25, -0.2) is 0 Å². The molecule has 3 heteroatoms. The molecule has 0 radical (unpaired) electrons. The molecule has 10 aromatic carbocycles. The van der Waals surface area contributed by atoms with Crippen molar-refractivity contribution < 1.29 is 0 Å². The Balaban J connectivity index is 1.07. The molecule has 0 aliphatic rings. The summed E-state index contributed by atoms with van der Waals surface area (Å²) >= 11 is 1.86. The molecule has 0 saturated carbocycles. The van der Waals surface area contributed by atoms with E-state index in [2.05, 4.69) is 252 Å². The first-order valence-corrected chi connectivity index (χ1v) is 22.3. The van der Waals surface area contributed by atoms with E-state index in [4.69, 9.17) is 0 Å². The summed E-state index contributed by atoms with van der Waals surface area (Å²) in [6.07, 6.45) is 0. The van der Waals surface area contributed by atoms with Crippen molar-refractivity contribution in [2.24, 2.45) is 0 Å². The Kier molecular flexibility index (Phi) is 9.06. The first-order chi connectivity index (χ1) is 31.3. The average molecular weight is 821 g/mol. The van der Waals surface area contributed by atoms with Gasteiger partial charge in [-0.2, -0.15) is 0 Å². The van der Waals surface area contributed by atoms with Gasteiger partial charge in [-0.3, -0.25) is 0 Å². The van der Waals surface area contributed by atoms with Gasteiger partial charge in [0.15, 0.2) is 0 Å². The largest absolute Gasteiger partial charge is 0.310 e. The van der Waals surface area contributed by atoms with E-state index in [1.54, 1.807) is 0 Å². The molecular formula is C60H40N2S. The molecule has 296 valence electrons. The molecule has 12 rings (SSSR count). The molecule has 0 aliphatic carbocycles. The van der Waals surface area contributed by atoms with E-state index in [9.17, 15) is 0 Å². The van der Waals surface area contributed by atoms with Crippen molar-refractivity contribution in [1.29, 1.82) is 0 Å². The van der Waals surface area contributed by atoms with Crippen LogP contribution < -0.4 is 4.90 Å². The fourth-order valence-corrected chi connectivity index (χ4v) is 10.7. The summed E-state index contributed by atoms with van der Waals surface area (Å²) in [5.41, 5.74) is 16.5. The minimum Gasteiger partial charge on any atom is -0.310 e. The van der Waals surface area contributed by atoms with Crippen LogP contribution in [-0.4, -0.2) is 4.57 Å². The first kappa shape index (κ1) is 36.8. The van der Waals surface area contributed by atoms with Gasteiger partial charge in [0.1, 0.15) is 0 Å². The fraction of sp³-hybridized carbons (Fsp3) is 0. The zero-order valence-electron chi connectivity index (χ0n) is 34.4. The van der Waals surface area contributed by atoms with E-state index in [-0.39, 0.29) is 0 Å². The molecule has 2 heterocycles. The number of nitrogens with zero attached hydrogens (tertiary/aromatic N) is 2. The number of thiophene rings is 1. The third kappa shape index (κ3) is 6.41. The summed E-state index contributed by atoms with van der Waals surface area (Å²) in [5, 5.41) is 5.03. The summed E-state index contributed by atoms with van der Waals surface area (Å²) in [6.45, 7) is 0. The second-order valence-electron chi connectivity index (χ2n) is 16.1. The molecule has 0 fully saturated rings. The third-order valence-electron chi connectivity index (χ3n) is 12.4. The van der Waals surface area contributed by atoms with Crippen molar-refractivity contribution in [3.05, 3.63) is 243 Å². The second-order valence-corrected chi connectivity index (χ2v) is 17.1. The number of para-hydroxylation sites is 2. The van der Waals surface area contributed by atoms with Crippen LogP contribution in [0, 0.1) is 0 Å². The van der Waals surface area contributed by atoms with E-state index >= 15 is 0 Å². The maximum atomic E-state index is 2.46. The minimum atomic E-state index is 1.09. The van der Waals surface area contributed by atoms with E-state index in [1.807, 2.05) is 11.3 Å². The van der Waals surface area contributed by atoms with Gasteiger partial charge in [0, 0.05) is 48.0 Å². The molecule has 0 unspecified atom stereocenters. The van der Waals surface area contributed by atoms with Crippen LogP contribution in [0.15, 0.2) is 243 Å². The number of benzene rings is 10. The van der Waals surface area contributed by atoms with Gasteiger partial charge in [-0.05, 0) is 105 Å². The molecule has 0 amide bonds. The van der Waals surface area contributed by atoms with Gasteiger partial charge in [0.2, 0.25) is 0 Å². The normalized spacial score (nSPS) is 11.5. The van der Waals surface area contributed by atoms with Crippen LogP contribution in [0.5, 0.6) is 0 Å². The molecule has 0 aliphatic heterocycles. The lowest BCUT2D eigenvalue weighted by Crippen LogP contribution is -2.10. The summed E-state index contributed by atoms with van der Waals surface area (Å²) in [7, 11) is 0. The highest BCUT2D eigenvalue weighted by Gasteiger charge is 2.22. The van der Waals surface area contributed by atoms with Gasteiger partial charge < -0.3 is 9.47 Å².